The fraction of sp³-hybridized carbons (Fsp3) is 0.667. The number of ether oxygens (including phenoxy) is 2. The lowest BCUT2D eigenvalue weighted by Crippen LogP contribution is -2.13. The molecule has 0 amide bonds. The second-order valence-corrected chi connectivity index (χ2v) is 5.14. The van der Waals surface area contributed by atoms with Crippen LogP contribution in [0.3, 0.4) is 0 Å². The van der Waals surface area contributed by atoms with Gasteiger partial charge in [-0.25, -0.2) is 4.79 Å². The van der Waals surface area contributed by atoms with Gasteiger partial charge in [0.25, 0.3) is 0 Å². The maximum absolute atomic E-state index is 11.5. The van der Waals surface area contributed by atoms with Gasteiger partial charge in [-0.05, 0) is 29.8 Å². The molecular formula is C9H12Br2O3. The zero-order valence-corrected chi connectivity index (χ0v) is 11.2. The van der Waals surface area contributed by atoms with Crippen LogP contribution in [-0.2, 0) is 14.3 Å². The van der Waals surface area contributed by atoms with E-state index >= 15 is 0 Å². The Morgan fingerprint density at radius 2 is 2.29 bits per heavy atom. The van der Waals surface area contributed by atoms with Crippen LogP contribution in [0.25, 0.3) is 0 Å². The van der Waals surface area contributed by atoms with Gasteiger partial charge in [0.2, 0.25) is 0 Å². The predicted molar refractivity (Wildman–Crippen MR) is 60.5 cm³/mol. The van der Waals surface area contributed by atoms with Gasteiger partial charge in [-0.3, -0.25) is 0 Å². The number of alkyl halides is 1. The summed E-state index contributed by atoms with van der Waals surface area (Å²) in [6, 6.07) is 0. The summed E-state index contributed by atoms with van der Waals surface area (Å²) >= 11 is 6.61. The SMILES string of the molecule is CC(C)OC(=O)/C(Br)=C1\OCCC1Br. The average molecular weight is 328 g/mol. The third-order valence-electron chi connectivity index (χ3n) is 1.65. The van der Waals surface area contributed by atoms with Crippen molar-refractivity contribution in [2.75, 3.05) is 6.61 Å². The highest BCUT2D eigenvalue weighted by Crippen LogP contribution is 2.30. The van der Waals surface area contributed by atoms with Crippen molar-refractivity contribution in [2.45, 2.75) is 31.2 Å². The molecule has 1 rings (SSSR count). The van der Waals surface area contributed by atoms with E-state index in [4.69, 9.17) is 9.47 Å². The number of rotatable bonds is 2. The van der Waals surface area contributed by atoms with Crippen molar-refractivity contribution in [1.82, 2.24) is 0 Å². The van der Waals surface area contributed by atoms with E-state index in [1.807, 2.05) is 13.8 Å². The normalized spacial score (nSPS) is 24.8. The summed E-state index contributed by atoms with van der Waals surface area (Å²) in [7, 11) is 0. The quantitative estimate of drug-likeness (QED) is 0.444. The fourth-order valence-electron chi connectivity index (χ4n) is 1.06. The Kier molecular flexibility index (Phi) is 4.44. The van der Waals surface area contributed by atoms with E-state index in [-0.39, 0.29) is 16.9 Å². The third-order valence-corrected chi connectivity index (χ3v) is 3.24. The van der Waals surface area contributed by atoms with Crippen LogP contribution in [0.5, 0.6) is 0 Å². The number of halogens is 2. The molecule has 1 aliphatic rings. The number of allylic oxidation sites excluding steroid dienone is 1. The van der Waals surface area contributed by atoms with Gasteiger partial charge in [-0.1, -0.05) is 15.9 Å². The molecule has 0 spiro atoms. The molecule has 0 aromatic carbocycles. The van der Waals surface area contributed by atoms with Crippen LogP contribution in [-0.4, -0.2) is 23.5 Å². The maximum Gasteiger partial charge on any atom is 0.349 e. The predicted octanol–water partition coefficient (Wildman–Crippen LogP) is 2.73. The summed E-state index contributed by atoms with van der Waals surface area (Å²) in [4.78, 5) is 11.6. The van der Waals surface area contributed by atoms with Gasteiger partial charge in [-0.2, -0.15) is 0 Å². The Balaban J connectivity index is 2.71. The van der Waals surface area contributed by atoms with E-state index < -0.39 is 0 Å². The van der Waals surface area contributed by atoms with Crippen LogP contribution in [0.2, 0.25) is 0 Å². The van der Waals surface area contributed by atoms with Crippen LogP contribution >= 0.6 is 31.9 Å². The van der Waals surface area contributed by atoms with Crippen molar-refractivity contribution in [3.8, 4) is 0 Å². The van der Waals surface area contributed by atoms with Gasteiger partial charge in [-0.15, -0.1) is 0 Å². The first-order valence-electron chi connectivity index (χ1n) is 4.40. The first kappa shape index (κ1) is 12.0. The third kappa shape index (κ3) is 2.98. The van der Waals surface area contributed by atoms with E-state index in [0.29, 0.717) is 16.8 Å². The van der Waals surface area contributed by atoms with Crippen molar-refractivity contribution < 1.29 is 14.3 Å². The molecule has 1 unspecified atom stereocenters. The Morgan fingerprint density at radius 1 is 1.64 bits per heavy atom. The number of carbonyl (C=O) groups excluding carboxylic acids is 1. The highest BCUT2D eigenvalue weighted by Gasteiger charge is 2.26. The number of esters is 1. The lowest BCUT2D eigenvalue weighted by molar-refractivity contribution is -0.141. The summed E-state index contributed by atoms with van der Waals surface area (Å²) in [5, 5.41) is 0. The Labute approximate surface area is 100 Å². The lowest BCUT2D eigenvalue weighted by Gasteiger charge is -2.09. The zero-order valence-electron chi connectivity index (χ0n) is 8.05. The summed E-state index contributed by atoms with van der Waals surface area (Å²) in [5.41, 5.74) is 0. The molecule has 0 N–H and O–H groups in total. The molecule has 1 saturated heterocycles. The summed E-state index contributed by atoms with van der Waals surface area (Å²) < 4.78 is 10.7. The number of carbonyl (C=O) groups is 1. The van der Waals surface area contributed by atoms with E-state index in [2.05, 4.69) is 31.9 Å². The second-order valence-electron chi connectivity index (χ2n) is 3.24. The van der Waals surface area contributed by atoms with Crippen LogP contribution < -0.4 is 0 Å². The van der Waals surface area contributed by atoms with E-state index in [9.17, 15) is 4.79 Å². The molecule has 1 heterocycles. The van der Waals surface area contributed by atoms with E-state index in [0.717, 1.165) is 6.42 Å². The van der Waals surface area contributed by atoms with Gasteiger partial charge in [0.1, 0.15) is 10.2 Å². The summed E-state index contributed by atoms with van der Waals surface area (Å²) in [6.07, 6.45) is 0.755. The van der Waals surface area contributed by atoms with E-state index in [1.54, 1.807) is 0 Å². The summed E-state index contributed by atoms with van der Waals surface area (Å²) in [5.74, 6) is 0.261. The van der Waals surface area contributed by atoms with Crippen molar-refractivity contribution in [3.63, 3.8) is 0 Å². The monoisotopic (exact) mass is 326 g/mol. The molecule has 5 heteroatoms. The molecule has 80 valence electrons. The standard InChI is InChI=1S/C9H12Br2O3/c1-5(2)14-9(12)7(11)8-6(10)3-4-13-8/h5-6H,3-4H2,1-2H3/b8-7+. The molecule has 0 bridgehead atoms. The first-order chi connectivity index (χ1) is 6.52. The lowest BCUT2D eigenvalue weighted by atomic mass is 10.3. The van der Waals surface area contributed by atoms with Crippen molar-refractivity contribution in [2.24, 2.45) is 0 Å². The minimum atomic E-state index is -0.374. The van der Waals surface area contributed by atoms with Crippen LogP contribution in [0.15, 0.2) is 10.2 Å². The second kappa shape index (κ2) is 5.16. The van der Waals surface area contributed by atoms with Gasteiger partial charge in [0, 0.05) is 6.42 Å². The minimum absolute atomic E-state index is 0.108. The molecule has 0 aliphatic carbocycles. The van der Waals surface area contributed by atoms with Crippen LogP contribution in [0, 0.1) is 0 Å². The van der Waals surface area contributed by atoms with Crippen LogP contribution in [0.1, 0.15) is 20.3 Å². The van der Waals surface area contributed by atoms with Crippen molar-refractivity contribution in [1.29, 1.82) is 0 Å². The van der Waals surface area contributed by atoms with Gasteiger partial charge >= 0.3 is 5.97 Å². The molecule has 1 aliphatic heterocycles. The van der Waals surface area contributed by atoms with Crippen LogP contribution in [0.4, 0.5) is 0 Å². The molecule has 0 saturated carbocycles. The number of hydrogen-bond donors (Lipinski definition) is 0. The fourth-order valence-corrected chi connectivity index (χ4v) is 2.40. The topological polar surface area (TPSA) is 35.5 Å². The Morgan fingerprint density at radius 3 is 2.71 bits per heavy atom. The molecule has 1 atom stereocenters. The van der Waals surface area contributed by atoms with Gasteiger partial charge in [0.05, 0.1) is 17.5 Å². The highest BCUT2D eigenvalue weighted by molar-refractivity contribution is 9.12. The Bertz CT molecular complexity index is 261. The molecule has 0 aromatic rings. The van der Waals surface area contributed by atoms with Gasteiger partial charge < -0.3 is 9.47 Å². The first-order valence-corrected chi connectivity index (χ1v) is 6.10. The Hall–Kier alpha value is -0.0300. The highest BCUT2D eigenvalue weighted by atomic mass is 79.9. The molecule has 0 aromatic heterocycles. The van der Waals surface area contributed by atoms with E-state index in [1.165, 1.54) is 0 Å². The molecule has 14 heavy (non-hydrogen) atoms. The smallest absolute Gasteiger partial charge is 0.349 e. The van der Waals surface area contributed by atoms with Crippen molar-refractivity contribution in [3.05, 3.63) is 10.2 Å². The maximum atomic E-state index is 11.5. The average Bonchev–Trinajstić information content (AvgIpc) is 2.48. The molecule has 3 nitrogen and oxygen atoms in total. The zero-order chi connectivity index (χ0) is 10.7. The summed E-state index contributed by atoms with van der Waals surface area (Å²) in [6.45, 7) is 4.25. The molecule has 1 fully saturated rings. The largest absolute Gasteiger partial charge is 0.495 e. The molecular weight excluding hydrogens is 316 g/mol. The van der Waals surface area contributed by atoms with Gasteiger partial charge in [0.15, 0.2) is 0 Å². The number of hydrogen-bond acceptors (Lipinski definition) is 3. The van der Waals surface area contributed by atoms with Crippen molar-refractivity contribution >= 4 is 37.8 Å². The minimum Gasteiger partial charge on any atom is -0.495 e. The molecule has 0 radical (unpaired) electrons.